The predicted molar refractivity (Wildman–Crippen MR) is 148 cm³/mol. The van der Waals surface area contributed by atoms with Crippen LogP contribution in [0.4, 0.5) is 0 Å². The van der Waals surface area contributed by atoms with Gasteiger partial charge in [-0.2, -0.15) is 0 Å². The number of hydrogen-bond acceptors (Lipinski definition) is 3. The van der Waals surface area contributed by atoms with Crippen molar-refractivity contribution in [3.63, 3.8) is 0 Å². The van der Waals surface area contributed by atoms with Gasteiger partial charge in [0.1, 0.15) is 11.8 Å². The molecule has 0 unspecified atom stereocenters. The minimum Gasteiger partial charge on any atom is -0.483 e. The molecule has 0 heterocycles. The van der Waals surface area contributed by atoms with E-state index in [1.807, 2.05) is 100 Å². The van der Waals surface area contributed by atoms with Crippen molar-refractivity contribution < 1.29 is 14.3 Å². The van der Waals surface area contributed by atoms with E-state index in [1.165, 1.54) is 0 Å². The van der Waals surface area contributed by atoms with Gasteiger partial charge in [0.2, 0.25) is 5.91 Å². The van der Waals surface area contributed by atoms with Crippen LogP contribution in [0.25, 0.3) is 0 Å². The smallest absolute Gasteiger partial charge is 0.261 e. The number of nitrogens with one attached hydrogen (secondary N) is 1. The molecule has 3 rings (SSSR count). The van der Waals surface area contributed by atoms with Crippen LogP contribution in [0.1, 0.15) is 42.5 Å². The third-order valence-electron chi connectivity index (χ3n) is 6.22. The minimum atomic E-state index is -0.680. The summed E-state index contributed by atoms with van der Waals surface area (Å²) in [5.74, 6) is 0.268. The zero-order chi connectivity index (χ0) is 26.1. The van der Waals surface area contributed by atoms with Crippen LogP contribution in [0.3, 0.4) is 0 Å². The van der Waals surface area contributed by atoms with Gasteiger partial charge in [-0.15, -0.1) is 0 Å². The summed E-state index contributed by atoms with van der Waals surface area (Å²) in [5.41, 5.74) is 4.03. The van der Waals surface area contributed by atoms with Crippen molar-refractivity contribution in [3.05, 3.63) is 99.5 Å². The van der Waals surface area contributed by atoms with Crippen LogP contribution in [-0.4, -0.2) is 35.4 Å². The molecule has 0 aliphatic heterocycles. The third kappa shape index (κ3) is 7.95. The molecule has 2 amide bonds. The Hall–Kier alpha value is -3.12. The topological polar surface area (TPSA) is 58.6 Å². The summed E-state index contributed by atoms with van der Waals surface area (Å²) in [4.78, 5) is 28.8. The van der Waals surface area contributed by atoms with Crippen LogP contribution < -0.4 is 10.1 Å². The number of amides is 2. The lowest BCUT2D eigenvalue weighted by Gasteiger charge is -2.32. The molecule has 3 aromatic rings. The highest BCUT2D eigenvalue weighted by Crippen LogP contribution is 2.21. The first-order chi connectivity index (χ1) is 17.3. The SMILES string of the molecule is CC[C@H](C)NC(=O)[C@@H](Cc1ccccc1)N(Cc1ccc(Br)cc1)C(=O)COc1ccc(C)cc1C. The molecule has 0 saturated carbocycles. The molecule has 36 heavy (non-hydrogen) atoms. The van der Waals surface area contributed by atoms with Gasteiger partial charge in [-0.25, -0.2) is 0 Å². The summed E-state index contributed by atoms with van der Waals surface area (Å²) in [6.45, 7) is 8.13. The first-order valence-electron chi connectivity index (χ1n) is 12.3. The molecule has 0 aromatic heterocycles. The highest BCUT2D eigenvalue weighted by atomic mass is 79.9. The summed E-state index contributed by atoms with van der Waals surface area (Å²) in [6, 6.07) is 22.8. The maximum Gasteiger partial charge on any atom is 0.261 e. The summed E-state index contributed by atoms with van der Waals surface area (Å²) >= 11 is 3.47. The highest BCUT2D eigenvalue weighted by Gasteiger charge is 2.31. The molecule has 0 saturated heterocycles. The Bertz CT molecular complexity index is 1150. The van der Waals surface area contributed by atoms with Crippen LogP contribution in [0, 0.1) is 13.8 Å². The summed E-state index contributed by atoms with van der Waals surface area (Å²) < 4.78 is 6.90. The minimum absolute atomic E-state index is 0.00636. The molecule has 0 bridgehead atoms. The van der Waals surface area contributed by atoms with Crippen molar-refractivity contribution in [2.75, 3.05) is 6.61 Å². The average Bonchev–Trinajstić information content (AvgIpc) is 2.87. The number of rotatable bonds is 11. The number of ether oxygens (including phenoxy) is 1. The van der Waals surface area contributed by atoms with E-state index in [-0.39, 0.29) is 24.5 Å². The van der Waals surface area contributed by atoms with E-state index < -0.39 is 6.04 Å². The van der Waals surface area contributed by atoms with Crippen LogP contribution in [0.2, 0.25) is 0 Å². The Kier molecular flexibility index (Phi) is 10.1. The maximum atomic E-state index is 13.7. The van der Waals surface area contributed by atoms with Crippen LogP contribution in [0.5, 0.6) is 5.75 Å². The number of halogens is 1. The molecule has 3 aromatic carbocycles. The fourth-order valence-electron chi connectivity index (χ4n) is 3.97. The summed E-state index contributed by atoms with van der Waals surface area (Å²) in [7, 11) is 0. The van der Waals surface area contributed by atoms with Crippen molar-refractivity contribution >= 4 is 27.7 Å². The lowest BCUT2D eigenvalue weighted by molar-refractivity contribution is -0.143. The van der Waals surface area contributed by atoms with E-state index in [4.69, 9.17) is 4.74 Å². The van der Waals surface area contributed by atoms with E-state index in [0.29, 0.717) is 18.7 Å². The number of nitrogens with zero attached hydrogens (tertiary/aromatic N) is 1. The van der Waals surface area contributed by atoms with Gasteiger partial charge in [0.25, 0.3) is 5.91 Å². The van der Waals surface area contributed by atoms with Gasteiger partial charge in [0, 0.05) is 23.5 Å². The molecular weight excluding hydrogens is 516 g/mol. The number of carbonyl (C=O) groups excluding carboxylic acids is 2. The van der Waals surface area contributed by atoms with Crippen molar-refractivity contribution in [3.8, 4) is 5.75 Å². The van der Waals surface area contributed by atoms with Crippen LogP contribution in [-0.2, 0) is 22.6 Å². The zero-order valence-electron chi connectivity index (χ0n) is 21.5. The summed E-state index contributed by atoms with van der Waals surface area (Å²) in [6.07, 6.45) is 1.22. The second kappa shape index (κ2) is 13.3. The van der Waals surface area contributed by atoms with E-state index in [9.17, 15) is 9.59 Å². The number of carbonyl (C=O) groups is 2. The maximum absolute atomic E-state index is 13.7. The molecule has 5 nitrogen and oxygen atoms in total. The van der Waals surface area contributed by atoms with Gasteiger partial charge < -0.3 is 15.0 Å². The van der Waals surface area contributed by atoms with Crippen LogP contribution >= 0.6 is 15.9 Å². The molecule has 0 aliphatic rings. The lowest BCUT2D eigenvalue weighted by atomic mass is 10.0. The summed E-state index contributed by atoms with van der Waals surface area (Å²) in [5, 5.41) is 3.09. The zero-order valence-corrected chi connectivity index (χ0v) is 23.0. The Labute approximate surface area is 223 Å². The second-order valence-electron chi connectivity index (χ2n) is 9.23. The van der Waals surface area contributed by atoms with Gasteiger partial charge >= 0.3 is 0 Å². The van der Waals surface area contributed by atoms with Crippen molar-refractivity contribution in [1.82, 2.24) is 10.2 Å². The first kappa shape index (κ1) is 27.5. The predicted octanol–water partition coefficient (Wildman–Crippen LogP) is 6.00. The standard InChI is InChI=1S/C30H35BrN2O3/c1-5-23(4)32-30(35)27(18-24-9-7-6-8-10-24)33(19-25-12-14-26(31)15-13-25)29(34)20-36-28-16-11-21(2)17-22(28)3/h6-17,23,27H,5,18-20H2,1-4H3,(H,32,35)/t23-,27+/m0/s1. The number of hydrogen-bond donors (Lipinski definition) is 1. The van der Waals surface area contributed by atoms with Crippen molar-refractivity contribution in [2.24, 2.45) is 0 Å². The van der Waals surface area contributed by atoms with Gasteiger partial charge in [0.15, 0.2) is 6.61 Å². The molecule has 2 atom stereocenters. The van der Waals surface area contributed by atoms with Gasteiger partial charge in [-0.05, 0) is 62.1 Å². The average molecular weight is 552 g/mol. The van der Waals surface area contributed by atoms with Crippen molar-refractivity contribution in [1.29, 1.82) is 0 Å². The molecule has 6 heteroatoms. The van der Waals surface area contributed by atoms with E-state index in [1.54, 1.807) is 4.90 Å². The fraction of sp³-hybridized carbons (Fsp3) is 0.333. The molecule has 190 valence electrons. The van der Waals surface area contributed by atoms with Crippen molar-refractivity contribution in [2.45, 2.75) is 59.2 Å². The normalized spacial score (nSPS) is 12.5. The van der Waals surface area contributed by atoms with Gasteiger partial charge in [-0.1, -0.05) is 83.0 Å². The molecule has 1 N–H and O–H groups in total. The molecular formula is C30H35BrN2O3. The van der Waals surface area contributed by atoms with Gasteiger partial charge in [-0.3, -0.25) is 9.59 Å². The van der Waals surface area contributed by atoms with Crippen LogP contribution in [0.15, 0.2) is 77.3 Å². The fourth-order valence-corrected chi connectivity index (χ4v) is 4.23. The Morgan fingerprint density at radius 1 is 0.972 bits per heavy atom. The largest absolute Gasteiger partial charge is 0.483 e. The number of aryl methyl sites for hydroxylation is 2. The Balaban J connectivity index is 1.91. The third-order valence-corrected chi connectivity index (χ3v) is 6.75. The lowest BCUT2D eigenvalue weighted by Crippen LogP contribution is -2.53. The van der Waals surface area contributed by atoms with E-state index in [0.717, 1.165) is 33.1 Å². The van der Waals surface area contributed by atoms with E-state index in [2.05, 4.69) is 21.2 Å². The first-order valence-corrected chi connectivity index (χ1v) is 13.1. The Morgan fingerprint density at radius 2 is 1.67 bits per heavy atom. The van der Waals surface area contributed by atoms with E-state index >= 15 is 0 Å². The molecule has 0 aliphatic carbocycles. The quantitative estimate of drug-likeness (QED) is 0.318. The highest BCUT2D eigenvalue weighted by molar-refractivity contribution is 9.10. The second-order valence-corrected chi connectivity index (χ2v) is 10.1. The molecule has 0 fully saturated rings. The van der Waals surface area contributed by atoms with Gasteiger partial charge in [0.05, 0.1) is 0 Å². The molecule has 0 radical (unpaired) electrons. The number of benzene rings is 3. The molecule has 0 spiro atoms. The Morgan fingerprint density at radius 3 is 2.31 bits per heavy atom. The monoisotopic (exact) mass is 550 g/mol.